The maximum absolute atomic E-state index is 11.8. The Balaban J connectivity index is 2.54. The summed E-state index contributed by atoms with van der Waals surface area (Å²) in [5, 5.41) is 6.38. The zero-order chi connectivity index (χ0) is 17.6. The molecule has 0 radical (unpaired) electrons. The van der Waals surface area contributed by atoms with Gasteiger partial charge in [-0.15, -0.1) is 0 Å². The van der Waals surface area contributed by atoms with Crippen molar-refractivity contribution < 1.29 is 9.53 Å². The molecule has 0 aliphatic carbocycles. The Morgan fingerprint density at radius 2 is 1.83 bits per heavy atom. The summed E-state index contributed by atoms with van der Waals surface area (Å²) < 4.78 is 5.29. The highest BCUT2D eigenvalue weighted by Gasteiger charge is 2.19. The fraction of sp³-hybridized carbons (Fsp3) is 0.632. The van der Waals surface area contributed by atoms with Crippen LogP contribution in [0.3, 0.4) is 0 Å². The number of rotatable bonds is 6. The molecular weight excluding hydrogens is 288 g/mol. The van der Waals surface area contributed by atoms with Crippen molar-refractivity contribution in [1.29, 1.82) is 0 Å². The van der Waals surface area contributed by atoms with Crippen LogP contribution in [0, 0.1) is 25.7 Å². The lowest BCUT2D eigenvalue weighted by molar-refractivity contribution is 0.0516. The summed E-state index contributed by atoms with van der Waals surface area (Å²) in [6.07, 6.45) is -0.352. The molecule has 4 heteroatoms. The van der Waals surface area contributed by atoms with Crippen molar-refractivity contribution in [2.45, 2.75) is 54.1 Å². The van der Waals surface area contributed by atoms with Crippen LogP contribution in [0.15, 0.2) is 18.2 Å². The van der Waals surface area contributed by atoms with Gasteiger partial charge in [-0.05, 0) is 58.1 Å². The highest BCUT2D eigenvalue weighted by Crippen LogP contribution is 2.18. The molecule has 1 unspecified atom stereocenters. The second-order valence-corrected chi connectivity index (χ2v) is 7.59. The zero-order valence-electron chi connectivity index (χ0n) is 15.6. The average Bonchev–Trinajstić information content (AvgIpc) is 2.38. The first-order valence-electron chi connectivity index (χ1n) is 8.36. The van der Waals surface area contributed by atoms with Crippen LogP contribution >= 0.6 is 0 Å². The molecule has 0 saturated carbocycles. The first kappa shape index (κ1) is 19.3. The molecule has 0 fully saturated rings. The van der Waals surface area contributed by atoms with E-state index in [1.165, 1.54) is 11.1 Å². The third-order valence-corrected chi connectivity index (χ3v) is 3.79. The molecule has 0 aromatic heterocycles. The van der Waals surface area contributed by atoms with Crippen LogP contribution in [-0.2, 0) is 4.74 Å². The van der Waals surface area contributed by atoms with Crippen LogP contribution in [0.5, 0.6) is 0 Å². The van der Waals surface area contributed by atoms with Gasteiger partial charge in [0.2, 0.25) is 0 Å². The quantitative estimate of drug-likeness (QED) is 0.810. The Bertz CT molecular complexity index is 519. The standard InChI is InChI=1S/C19H32N2O2/c1-13(2)16(12-21-18(22)23-19(5,6)7)11-20-17-9-8-14(3)10-15(17)4/h8-10,13,16,20H,11-12H2,1-7H3,(H,21,22). The van der Waals surface area contributed by atoms with Crippen molar-refractivity contribution in [3.8, 4) is 0 Å². The molecule has 1 aromatic carbocycles. The first-order valence-corrected chi connectivity index (χ1v) is 8.36. The Morgan fingerprint density at radius 3 is 2.35 bits per heavy atom. The van der Waals surface area contributed by atoms with Crippen molar-refractivity contribution in [3.63, 3.8) is 0 Å². The van der Waals surface area contributed by atoms with Gasteiger partial charge in [-0.25, -0.2) is 4.79 Å². The number of benzene rings is 1. The van der Waals surface area contributed by atoms with Gasteiger partial charge in [-0.3, -0.25) is 0 Å². The van der Waals surface area contributed by atoms with Gasteiger partial charge in [0.05, 0.1) is 0 Å². The summed E-state index contributed by atoms with van der Waals surface area (Å²) in [5.74, 6) is 0.798. The van der Waals surface area contributed by atoms with Gasteiger partial charge in [-0.2, -0.15) is 0 Å². The minimum absolute atomic E-state index is 0.336. The van der Waals surface area contributed by atoms with Crippen molar-refractivity contribution >= 4 is 11.8 Å². The van der Waals surface area contributed by atoms with Crippen LogP contribution in [0.1, 0.15) is 45.7 Å². The number of nitrogens with one attached hydrogen (secondary N) is 2. The third kappa shape index (κ3) is 7.40. The lowest BCUT2D eigenvalue weighted by atomic mass is 9.95. The zero-order valence-corrected chi connectivity index (χ0v) is 15.6. The molecule has 0 heterocycles. The van der Waals surface area contributed by atoms with Gasteiger partial charge in [-0.1, -0.05) is 31.5 Å². The number of alkyl carbamates (subject to hydrolysis) is 1. The van der Waals surface area contributed by atoms with Crippen molar-refractivity contribution in [2.24, 2.45) is 11.8 Å². The molecular formula is C19H32N2O2. The Morgan fingerprint density at radius 1 is 1.17 bits per heavy atom. The topological polar surface area (TPSA) is 50.4 Å². The van der Waals surface area contributed by atoms with E-state index in [1.54, 1.807) is 0 Å². The van der Waals surface area contributed by atoms with Crippen LogP contribution in [0.25, 0.3) is 0 Å². The summed E-state index contributed by atoms with van der Waals surface area (Å²) in [5.41, 5.74) is 3.19. The minimum Gasteiger partial charge on any atom is -0.444 e. The average molecular weight is 320 g/mol. The van der Waals surface area contributed by atoms with Gasteiger partial charge in [0.25, 0.3) is 0 Å². The number of ether oxygens (including phenoxy) is 1. The molecule has 0 bridgehead atoms. The van der Waals surface area contributed by atoms with Crippen molar-refractivity contribution in [2.75, 3.05) is 18.4 Å². The van der Waals surface area contributed by atoms with E-state index in [0.717, 1.165) is 12.2 Å². The van der Waals surface area contributed by atoms with E-state index >= 15 is 0 Å². The molecule has 0 saturated heterocycles. The molecule has 0 aliphatic rings. The smallest absolute Gasteiger partial charge is 0.407 e. The maximum Gasteiger partial charge on any atom is 0.407 e. The number of amides is 1. The predicted octanol–water partition coefficient (Wildman–Crippen LogP) is 4.51. The SMILES string of the molecule is Cc1ccc(NCC(CNC(=O)OC(C)(C)C)C(C)C)c(C)c1. The van der Waals surface area contributed by atoms with Gasteiger partial charge < -0.3 is 15.4 Å². The third-order valence-electron chi connectivity index (χ3n) is 3.79. The largest absolute Gasteiger partial charge is 0.444 e. The van der Waals surface area contributed by atoms with E-state index in [2.05, 4.69) is 56.5 Å². The molecule has 1 atom stereocenters. The lowest BCUT2D eigenvalue weighted by Gasteiger charge is -2.25. The van der Waals surface area contributed by atoms with Gasteiger partial charge in [0, 0.05) is 18.8 Å². The Kier molecular flexibility index (Phi) is 6.92. The summed E-state index contributed by atoms with van der Waals surface area (Å²) >= 11 is 0. The molecule has 0 aliphatic heterocycles. The minimum atomic E-state index is -0.464. The second kappa shape index (κ2) is 8.23. The van der Waals surface area contributed by atoms with Crippen LogP contribution < -0.4 is 10.6 Å². The number of hydrogen-bond donors (Lipinski definition) is 2. The summed E-state index contributed by atoms with van der Waals surface area (Å²) in [7, 11) is 0. The number of aryl methyl sites for hydroxylation is 2. The number of carbonyl (C=O) groups is 1. The highest BCUT2D eigenvalue weighted by atomic mass is 16.6. The van der Waals surface area contributed by atoms with Gasteiger partial charge in [0.15, 0.2) is 0 Å². The van der Waals surface area contributed by atoms with E-state index in [9.17, 15) is 4.79 Å². The van der Waals surface area contributed by atoms with E-state index in [-0.39, 0.29) is 6.09 Å². The summed E-state index contributed by atoms with van der Waals surface area (Å²) in [4.78, 5) is 11.8. The van der Waals surface area contributed by atoms with E-state index < -0.39 is 5.60 Å². The number of carbonyl (C=O) groups excluding carboxylic acids is 1. The molecule has 1 rings (SSSR count). The molecule has 130 valence electrons. The summed E-state index contributed by atoms with van der Waals surface area (Å²) in [6.45, 7) is 15.6. The summed E-state index contributed by atoms with van der Waals surface area (Å²) in [6, 6.07) is 6.40. The highest BCUT2D eigenvalue weighted by molar-refractivity contribution is 5.67. The normalized spacial score (nSPS) is 12.9. The predicted molar refractivity (Wildman–Crippen MR) is 97.0 cm³/mol. The van der Waals surface area contributed by atoms with Gasteiger partial charge in [0.1, 0.15) is 5.60 Å². The van der Waals surface area contributed by atoms with Crippen LogP contribution in [-0.4, -0.2) is 24.8 Å². The van der Waals surface area contributed by atoms with Crippen LogP contribution in [0.4, 0.5) is 10.5 Å². The molecule has 2 N–H and O–H groups in total. The Labute approximate surface area is 141 Å². The molecule has 4 nitrogen and oxygen atoms in total. The maximum atomic E-state index is 11.8. The molecule has 1 amide bonds. The van der Waals surface area contributed by atoms with E-state index in [0.29, 0.717) is 18.4 Å². The molecule has 0 spiro atoms. The van der Waals surface area contributed by atoms with E-state index in [4.69, 9.17) is 4.74 Å². The fourth-order valence-corrected chi connectivity index (χ4v) is 2.33. The second-order valence-electron chi connectivity index (χ2n) is 7.59. The number of anilines is 1. The van der Waals surface area contributed by atoms with Gasteiger partial charge >= 0.3 is 6.09 Å². The van der Waals surface area contributed by atoms with E-state index in [1.807, 2.05) is 20.8 Å². The van der Waals surface area contributed by atoms with Crippen molar-refractivity contribution in [1.82, 2.24) is 5.32 Å². The first-order chi connectivity index (χ1) is 10.6. The lowest BCUT2D eigenvalue weighted by Crippen LogP contribution is -2.38. The monoisotopic (exact) mass is 320 g/mol. The number of hydrogen-bond acceptors (Lipinski definition) is 3. The van der Waals surface area contributed by atoms with Crippen molar-refractivity contribution in [3.05, 3.63) is 29.3 Å². The molecule has 1 aromatic rings. The van der Waals surface area contributed by atoms with Crippen LogP contribution in [0.2, 0.25) is 0 Å². The molecule has 23 heavy (non-hydrogen) atoms. The fourth-order valence-electron chi connectivity index (χ4n) is 2.33. The Hall–Kier alpha value is -1.71.